The lowest BCUT2D eigenvalue weighted by Gasteiger charge is -2.20. The summed E-state index contributed by atoms with van der Waals surface area (Å²) in [5, 5.41) is 9.17. The van der Waals surface area contributed by atoms with Crippen LogP contribution >= 0.6 is 11.3 Å². The number of aliphatic hydroxyl groups excluding tert-OH is 1. The molecule has 0 aliphatic heterocycles. The largest absolute Gasteiger partial charge is 0.391 e. The van der Waals surface area contributed by atoms with Crippen molar-refractivity contribution in [3.8, 4) is 0 Å². The Kier molecular flexibility index (Phi) is 4.41. The summed E-state index contributed by atoms with van der Waals surface area (Å²) >= 11 is 1.30. The van der Waals surface area contributed by atoms with Gasteiger partial charge in [0.1, 0.15) is 4.90 Å². The molecule has 114 valence electrons. The Hall–Kier alpha value is -1.37. The maximum atomic E-state index is 12.8. The van der Waals surface area contributed by atoms with Gasteiger partial charge >= 0.3 is 0 Å². The maximum absolute atomic E-state index is 12.8. The number of anilines is 1. The molecule has 0 fully saturated rings. The Balaban J connectivity index is 2.49. The van der Waals surface area contributed by atoms with E-state index in [1.54, 1.807) is 20.0 Å². The summed E-state index contributed by atoms with van der Waals surface area (Å²) in [5.41, 5.74) is 2.68. The first kappa shape index (κ1) is 16.0. The quantitative estimate of drug-likeness (QED) is 0.940. The molecule has 0 radical (unpaired) electrons. The highest BCUT2D eigenvalue weighted by atomic mass is 32.2. The number of sulfonamides is 1. The summed E-state index contributed by atoms with van der Waals surface area (Å²) in [6.07, 6.45) is 0. The van der Waals surface area contributed by atoms with E-state index in [2.05, 4.69) is 0 Å². The van der Waals surface area contributed by atoms with Crippen molar-refractivity contribution < 1.29 is 13.5 Å². The molecule has 0 saturated heterocycles. The van der Waals surface area contributed by atoms with Crippen LogP contribution in [0.1, 0.15) is 20.9 Å². The Morgan fingerprint density at radius 2 is 1.67 bits per heavy atom. The van der Waals surface area contributed by atoms with E-state index in [-0.39, 0.29) is 11.5 Å². The molecule has 0 aliphatic carbocycles. The smallest absolute Gasteiger partial charge is 0.265 e. The standard InChI is InChI=1S/C15H19NO3S2/c1-10-5-11(2)7-13(6-10)16(4)21(18,19)15-8-14(9-17)20-12(15)3/h5-8,17H,9H2,1-4H3. The van der Waals surface area contributed by atoms with Crippen LogP contribution in [0, 0.1) is 20.8 Å². The van der Waals surface area contributed by atoms with E-state index in [9.17, 15) is 13.5 Å². The van der Waals surface area contributed by atoms with Gasteiger partial charge in [-0.1, -0.05) is 6.07 Å². The van der Waals surface area contributed by atoms with Crippen LogP contribution in [0.15, 0.2) is 29.2 Å². The number of rotatable bonds is 4. The highest BCUT2D eigenvalue weighted by Gasteiger charge is 2.25. The average molecular weight is 325 g/mol. The number of benzene rings is 1. The van der Waals surface area contributed by atoms with E-state index in [0.717, 1.165) is 11.1 Å². The molecule has 0 amide bonds. The van der Waals surface area contributed by atoms with E-state index >= 15 is 0 Å². The normalized spacial score (nSPS) is 11.7. The molecule has 2 aromatic rings. The van der Waals surface area contributed by atoms with Crippen LogP contribution in [-0.2, 0) is 16.6 Å². The minimum atomic E-state index is -3.61. The first-order chi connectivity index (χ1) is 9.75. The van der Waals surface area contributed by atoms with Crippen LogP contribution in [0.25, 0.3) is 0 Å². The molecular weight excluding hydrogens is 306 g/mol. The van der Waals surface area contributed by atoms with E-state index < -0.39 is 10.0 Å². The van der Waals surface area contributed by atoms with Crippen molar-refractivity contribution in [3.05, 3.63) is 45.1 Å². The van der Waals surface area contributed by atoms with Crippen LogP contribution in [0.3, 0.4) is 0 Å². The molecule has 0 unspecified atom stereocenters. The predicted octanol–water partition coefficient (Wildman–Crippen LogP) is 2.99. The fourth-order valence-electron chi connectivity index (χ4n) is 2.28. The van der Waals surface area contributed by atoms with E-state index in [4.69, 9.17) is 0 Å². The van der Waals surface area contributed by atoms with E-state index in [1.807, 2.05) is 32.0 Å². The van der Waals surface area contributed by atoms with Crippen LogP contribution in [0.4, 0.5) is 5.69 Å². The summed E-state index contributed by atoms with van der Waals surface area (Å²) in [6, 6.07) is 7.25. The van der Waals surface area contributed by atoms with Gasteiger partial charge in [0.15, 0.2) is 0 Å². The molecule has 2 rings (SSSR count). The summed E-state index contributed by atoms with van der Waals surface area (Å²) < 4.78 is 26.8. The average Bonchev–Trinajstić information content (AvgIpc) is 2.78. The van der Waals surface area contributed by atoms with Crippen LogP contribution in [-0.4, -0.2) is 20.6 Å². The molecule has 4 nitrogen and oxygen atoms in total. The molecule has 0 saturated carbocycles. The number of hydrogen-bond donors (Lipinski definition) is 1. The van der Waals surface area contributed by atoms with Gasteiger partial charge in [0.05, 0.1) is 12.3 Å². The Bertz CT molecular complexity index is 743. The molecule has 0 aliphatic rings. The minimum Gasteiger partial charge on any atom is -0.391 e. The zero-order chi connectivity index (χ0) is 15.8. The SMILES string of the molecule is Cc1cc(C)cc(N(C)S(=O)(=O)c2cc(CO)sc2C)c1. The van der Waals surface area contributed by atoms with Crippen molar-refractivity contribution in [2.24, 2.45) is 0 Å². The summed E-state index contributed by atoms with van der Waals surface area (Å²) in [4.78, 5) is 1.60. The Morgan fingerprint density at radius 3 is 2.14 bits per heavy atom. The number of nitrogens with zero attached hydrogens (tertiary/aromatic N) is 1. The molecule has 6 heteroatoms. The van der Waals surface area contributed by atoms with Gasteiger partial charge in [-0.25, -0.2) is 8.42 Å². The molecule has 21 heavy (non-hydrogen) atoms. The minimum absolute atomic E-state index is 0.145. The molecule has 0 bridgehead atoms. The second-order valence-electron chi connectivity index (χ2n) is 5.11. The number of thiophene rings is 1. The van der Waals surface area contributed by atoms with E-state index in [1.165, 1.54) is 15.6 Å². The third-order valence-electron chi connectivity index (χ3n) is 3.29. The monoisotopic (exact) mass is 325 g/mol. The highest BCUT2D eigenvalue weighted by molar-refractivity contribution is 7.93. The van der Waals surface area contributed by atoms with Crippen molar-refractivity contribution >= 4 is 27.0 Å². The number of hydrogen-bond acceptors (Lipinski definition) is 4. The third-order valence-corrected chi connectivity index (χ3v) is 6.36. The Labute approximate surface area is 129 Å². The van der Waals surface area contributed by atoms with Gasteiger partial charge in [-0.3, -0.25) is 4.31 Å². The van der Waals surface area contributed by atoms with Gasteiger partial charge in [0.25, 0.3) is 10.0 Å². The number of aliphatic hydroxyl groups is 1. The first-order valence-corrected chi connectivity index (χ1v) is 8.78. The van der Waals surface area contributed by atoms with Crippen molar-refractivity contribution in [2.75, 3.05) is 11.4 Å². The second-order valence-corrected chi connectivity index (χ2v) is 8.39. The van der Waals surface area contributed by atoms with Crippen LogP contribution < -0.4 is 4.31 Å². The van der Waals surface area contributed by atoms with Gasteiger partial charge < -0.3 is 5.11 Å². The van der Waals surface area contributed by atoms with Gasteiger partial charge in [0, 0.05) is 16.8 Å². The van der Waals surface area contributed by atoms with Crippen LogP contribution in [0.5, 0.6) is 0 Å². The number of aryl methyl sites for hydroxylation is 3. The van der Waals surface area contributed by atoms with Gasteiger partial charge in [0.2, 0.25) is 0 Å². The molecule has 1 aromatic carbocycles. The highest BCUT2D eigenvalue weighted by Crippen LogP contribution is 2.30. The lowest BCUT2D eigenvalue weighted by Crippen LogP contribution is -2.26. The van der Waals surface area contributed by atoms with Crippen molar-refractivity contribution in [2.45, 2.75) is 32.3 Å². The second kappa shape index (κ2) is 5.79. The lowest BCUT2D eigenvalue weighted by atomic mass is 10.1. The predicted molar refractivity (Wildman–Crippen MR) is 86.5 cm³/mol. The summed E-state index contributed by atoms with van der Waals surface area (Å²) in [7, 11) is -2.06. The molecule has 0 spiro atoms. The molecule has 1 heterocycles. The lowest BCUT2D eigenvalue weighted by molar-refractivity contribution is 0.285. The summed E-state index contributed by atoms with van der Waals surface area (Å²) in [5.74, 6) is 0. The van der Waals surface area contributed by atoms with E-state index in [0.29, 0.717) is 15.4 Å². The van der Waals surface area contributed by atoms with Gasteiger partial charge in [-0.2, -0.15) is 0 Å². The first-order valence-electron chi connectivity index (χ1n) is 6.53. The topological polar surface area (TPSA) is 57.6 Å². The zero-order valence-electron chi connectivity index (χ0n) is 12.5. The van der Waals surface area contributed by atoms with Crippen molar-refractivity contribution in [1.29, 1.82) is 0 Å². The molecular formula is C15H19NO3S2. The van der Waals surface area contributed by atoms with Gasteiger partial charge in [-0.15, -0.1) is 11.3 Å². The van der Waals surface area contributed by atoms with Crippen molar-refractivity contribution in [3.63, 3.8) is 0 Å². The van der Waals surface area contributed by atoms with Gasteiger partial charge in [-0.05, 0) is 50.1 Å². The van der Waals surface area contributed by atoms with Crippen LogP contribution in [0.2, 0.25) is 0 Å². The summed E-state index contributed by atoms with van der Waals surface area (Å²) in [6.45, 7) is 5.49. The molecule has 1 N–H and O–H groups in total. The third kappa shape index (κ3) is 3.12. The Morgan fingerprint density at radius 1 is 1.10 bits per heavy atom. The molecule has 0 atom stereocenters. The fourth-order valence-corrected chi connectivity index (χ4v) is 4.92. The fraction of sp³-hybridized carbons (Fsp3) is 0.333. The molecule has 1 aromatic heterocycles. The zero-order valence-corrected chi connectivity index (χ0v) is 14.2. The van der Waals surface area contributed by atoms with Crippen molar-refractivity contribution in [1.82, 2.24) is 0 Å². The maximum Gasteiger partial charge on any atom is 0.265 e.